The molecule has 1 aliphatic heterocycles. The number of nitrogens with one attached hydrogen (secondary N) is 2. The quantitative estimate of drug-likeness (QED) is 0.820. The molecule has 1 saturated heterocycles. The highest BCUT2D eigenvalue weighted by Crippen LogP contribution is 2.18. The predicted octanol–water partition coefficient (Wildman–Crippen LogP) is 2.21. The third-order valence-electron chi connectivity index (χ3n) is 2.84. The lowest BCUT2D eigenvalue weighted by Gasteiger charge is -2.10. The van der Waals surface area contributed by atoms with Gasteiger partial charge in [0.1, 0.15) is 5.82 Å². The Morgan fingerprint density at radius 2 is 2.16 bits per heavy atom. The summed E-state index contributed by atoms with van der Waals surface area (Å²) < 4.78 is 12.7. The maximum Gasteiger partial charge on any atom is 0.221 e. The second-order valence-electron chi connectivity index (χ2n) is 4.31. The molecule has 1 fully saturated rings. The van der Waals surface area contributed by atoms with E-state index in [1.54, 1.807) is 23.9 Å². The van der Waals surface area contributed by atoms with Crippen molar-refractivity contribution in [3.05, 3.63) is 30.1 Å². The largest absolute Gasteiger partial charge is 0.352 e. The Bertz CT molecular complexity index is 396. The molecule has 0 spiro atoms. The van der Waals surface area contributed by atoms with Gasteiger partial charge >= 0.3 is 0 Å². The predicted molar refractivity (Wildman–Crippen MR) is 78.4 cm³/mol. The Hall–Kier alpha value is -0.780. The number of benzene rings is 1. The van der Waals surface area contributed by atoms with E-state index in [9.17, 15) is 9.18 Å². The molecule has 19 heavy (non-hydrogen) atoms. The zero-order chi connectivity index (χ0) is 12.8. The average Bonchev–Trinajstić information content (AvgIpc) is 2.84. The molecule has 0 radical (unpaired) electrons. The van der Waals surface area contributed by atoms with Crippen LogP contribution in [0, 0.1) is 5.82 Å². The SMILES string of the molecule is Cl.O=C(CCSc1ccc(F)cc1)NC1CCNC1. The molecular weight excluding hydrogens is 287 g/mol. The molecule has 1 amide bonds. The van der Waals surface area contributed by atoms with Gasteiger partial charge in [-0.2, -0.15) is 0 Å². The Morgan fingerprint density at radius 1 is 1.42 bits per heavy atom. The van der Waals surface area contributed by atoms with E-state index in [0.717, 1.165) is 30.2 Å². The Kier molecular flexibility index (Phi) is 7.20. The van der Waals surface area contributed by atoms with E-state index in [4.69, 9.17) is 0 Å². The summed E-state index contributed by atoms with van der Waals surface area (Å²) in [6.07, 6.45) is 1.51. The van der Waals surface area contributed by atoms with E-state index < -0.39 is 0 Å². The Balaban J connectivity index is 0.00000180. The number of halogens is 2. The lowest BCUT2D eigenvalue weighted by molar-refractivity contribution is -0.121. The summed E-state index contributed by atoms with van der Waals surface area (Å²) in [5.74, 6) is 0.585. The molecule has 1 atom stereocenters. The van der Waals surface area contributed by atoms with Crippen LogP contribution in [0.25, 0.3) is 0 Å². The van der Waals surface area contributed by atoms with Gasteiger partial charge in [0.2, 0.25) is 5.91 Å². The molecule has 1 unspecified atom stereocenters. The van der Waals surface area contributed by atoms with Gasteiger partial charge in [0.25, 0.3) is 0 Å². The minimum absolute atomic E-state index is 0. The highest BCUT2D eigenvalue weighted by Gasteiger charge is 2.16. The molecule has 6 heteroatoms. The number of rotatable bonds is 5. The van der Waals surface area contributed by atoms with E-state index in [-0.39, 0.29) is 30.2 Å². The summed E-state index contributed by atoms with van der Waals surface area (Å²) >= 11 is 1.57. The molecule has 1 aromatic carbocycles. The third kappa shape index (κ3) is 5.80. The van der Waals surface area contributed by atoms with Crippen LogP contribution < -0.4 is 10.6 Å². The number of hydrogen-bond donors (Lipinski definition) is 2. The van der Waals surface area contributed by atoms with E-state index in [2.05, 4.69) is 10.6 Å². The number of carbonyl (C=O) groups is 1. The summed E-state index contributed by atoms with van der Waals surface area (Å²) in [6.45, 7) is 1.85. The van der Waals surface area contributed by atoms with Crippen molar-refractivity contribution in [2.24, 2.45) is 0 Å². The van der Waals surface area contributed by atoms with Gasteiger partial charge in [0, 0.05) is 29.7 Å². The zero-order valence-electron chi connectivity index (χ0n) is 10.5. The summed E-state index contributed by atoms with van der Waals surface area (Å²) in [4.78, 5) is 12.6. The first kappa shape index (κ1) is 16.3. The van der Waals surface area contributed by atoms with Crippen molar-refractivity contribution < 1.29 is 9.18 Å². The smallest absolute Gasteiger partial charge is 0.221 e. The van der Waals surface area contributed by atoms with Gasteiger partial charge in [-0.15, -0.1) is 24.2 Å². The summed E-state index contributed by atoms with van der Waals surface area (Å²) in [5.41, 5.74) is 0. The monoisotopic (exact) mass is 304 g/mol. The summed E-state index contributed by atoms with van der Waals surface area (Å²) in [7, 11) is 0. The van der Waals surface area contributed by atoms with Crippen LogP contribution in [0.4, 0.5) is 4.39 Å². The molecule has 2 rings (SSSR count). The van der Waals surface area contributed by atoms with Gasteiger partial charge < -0.3 is 10.6 Å². The summed E-state index contributed by atoms with van der Waals surface area (Å²) in [5, 5.41) is 6.21. The average molecular weight is 305 g/mol. The summed E-state index contributed by atoms with van der Waals surface area (Å²) in [6, 6.07) is 6.63. The van der Waals surface area contributed by atoms with Crippen molar-refractivity contribution in [1.82, 2.24) is 10.6 Å². The lowest BCUT2D eigenvalue weighted by Crippen LogP contribution is -2.36. The normalized spacial score (nSPS) is 17.8. The van der Waals surface area contributed by atoms with Crippen LogP contribution in [0.2, 0.25) is 0 Å². The van der Waals surface area contributed by atoms with Gasteiger partial charge in [-0.3, -0.25) is 4.79 Å². The Morgan fingerprint density at radius 3 is 2.79 bits per heavy atom. The van der Waals surface area contributed by atoms with Crippen LogP contribution in [-0.4, -0.2) is 30.8 Å². The van der Waals surface area contributed by atoms with Gasteiger partial charge in [-0.1, -0.05) is 0 Å². The fraction of sp³-hybridized carbons (Fsp3) is 0.462. The third-order valence-corrected chi connectivity index (χ3v) is 3.85. The standard InChI is InChI=1S/C13H17FN2OS.ClH/c14-10-1-3-12(4-2-10)18-8-6-13(17)16-11-5-7-15-9-11;/h1-4,11,15H,5-9H2,(H,16,17);1H. The molecule has 1 heterocycles. The number of hydrogen-bond acceptors (Lipinski definition) is 3. The molecule has 0 saturated carbocycles. The van der Waals surface area contributed by atoms with Gasteiger partial charge in [-0.05, 0) is 37.2 Å². The van der Waals surface area contributed by atoms with E-state index in [0.29, 0.717) is 6.42 Å². The Labute approximate surface area is 123 Å². The molecule has 1 aliphatic rings. The van der Waals surface area contributed by atoms with E-state index in [1.165, 1.54) is 12.1 Å². The molecule has 2 N–H and O–H groups in total. The second kappa shape index (κ2) is 8.40. The van der Waals surface area contributed by atoms with Gasteiger partial charge in [0.15, 0.2) is 0 Å². The number of amides is 1. The van der Waals surface area contributed by atoms with Crippen LogP contribution in [0.1, 0.15) is 12.8 Å². The molecule has 0 bridgehead atoms. The molecule has 0 aliphatic carbocycles. The van der Waals surface area contributed by atoms with Crippen molar-refractivity contribution in [2.45, 2.75) is 23.8 Å². The van der Waals surface area contributed by atoms with Crippen LogP contribution in [0.5, 0.6) is 0 Å². The van der Waals surface area contributed by atoms with Crippen molar-refractivity contribution >= 4 is 30.1 Å². The molecular formula is C13H18ClFN2OS. The first-order valence-corrected chi connectivity index (χ1v) is 7.11. The zero-order valence-corrected chi connectivity index (χ0v) is 12.2. The number of carbonyl (C=O) groups excluding carboxylic acids is 1. The molecule has 3 nitrogen and oxygen atoms in total. The van der Waals surface area contributed by atoms with Crippen molar-refractivity contribution in [2.75, 3.05) is 18.8 Å². The molecule has 0 aromatic heterocycles. The molecule has 106 valence electrons. The van der Waals surface area contributed by atoms with Crippen molar-refractivity contribution in [3.63, 3.8) is 0 Å². The van der Waals surface area contributed by atoms with E-state index in [1.807, 2.05) is 0 Å². The van der Waals surface area contributed by atoms with Crippen molar-refractivity contribution in [1.29, 1.82) is 0 Å². The minimum Gasteiger partial charge on any atom is -0.352 e. The van der Waals surface area contributed by atoms with Crippen LogP contribution >= 0.6 is 24.2 Å². The first-order chi connectivity index (χ1) is 8.74. The number of thioether (sulfide) groups is 1. The molecule has 1 aromatic rings. The minimum atomic E-state index is -0.231. The lowest BCUT2D eigenvalue weighted by atomic mass is 10.2. The topological polar surface area (TPSA) is 41.1 Å². The fourth-order valence-electron chi connectivity index (χ4n) is 1.87. The maximum atomic E-state index is 12.7. The van der Waals surface area contributed by atoms with Crippen molar-refractivity contribution in [3.8, 4) is 0 Å². The first-order valence-electron chi connectivity index (χ1n) is 6.12. The van der Waals surface area contributed by atoms with Gasteiger partial charge in [-0.25, -0.2) is 4.39 Å². The van der Waals surface area contributed by atoms with Crippen LogP contribution in [-0.2, 0) is 4.79 Å². The highest BCUT2D eigenvalue weighted by atomic mass is 35.5. The van der Waals surface area contributed by atoms with Crippen LogP contribution in [0.3, 0.4) is 0 Å². The maximum absolute atomic E-state index is 12.7. The fourth-order valence-corrected chi connectivity index (χ4v) is 2.72. The second-order valence-corrected chi connectivity index (χ2v) is 5.48. The van der Waals surface area contributed by atoms with Crippen LogP contribution in [0.15, 0.2) is 29.2 Å². The highest BCUT2D eigenvalue weighted by molar-refractivity contribution is 7.99. The van der Waals surface area contributed by atoms with E-state index >= 15 is 0 Å². The van der Waals surface area contributed by atoms with Gasteiger partial charge in [0.05, 0.1) is 0 Å².